The molecule has 7 N–H and O–H groups in total. The van der Waals surface area contributed by atoms with E-state index in [1.807, 2.05) is 24.3 Å². The highest BCUT2D eigenvalue weighted by Crippen LogP contribution is 2.26. The number of esters is 1. The number of aliphatic hydroxyl groups is 7. The maximum atomic E-state index is 12.9. The molecule has 0 spiro atoms. The molecule has 2 heterocycles. The van der Waals surface area contributed by atoms with Gasteiger partial charge in [-0.3, -0.25) is 4.79 Å². The lowest BCUT2D eigenvalue weighted by Crippen LogP contribution is -2.61. The quantitative estimate of drug-likeness (QED) is 0.0234. The third-order valence-corrected chi connectivity index (χ3v) is 10.0. The predicted octanol–water partition coefficient (Wildman–Crippen LogP) is 5.84. The number of carbonyl (C=O) groups excluding carboxylic acids is 1. The maximum Gasteiger partial charge on any atom is 0.310 e. The maximum absolute atomic E-state index is 12.9. The van der Waals surface area contributed by atoms with Crippen LogP contribution < -0.4 is 0 Å². The molecule has 2 rings (SSSR count). The Kier molecular flexibility index (Phi) is 33.2. The summed E-state index contributed by atoms with van der Waals surface area (Å²) in [5.74, 6) is -0.534. The molecule has 0 aromatic heterocycles. The molecule has 11 atom stereocenters. The molecule has 14 heteroatoms. The van der Waals surface area contributed by atoms with Gasteiger partial charge >= 0.3 is 5.97 Å². The van der Waals surface area contributed by atoms with Gasteiger partial charge in [-0.15, -0.1) is 0 Å². The minimum absolute atomic E-state index is 0.00508. The average Bonchev–Trinajstić information content (AvgIpc) is 3.30. The second-order valence-electron chi connectivity index (χ2n) is 15.5. The summed E-state index contributed by atoms with van der Waals surface area (Å²) < 4.78 is 33.9. The smallest absolute Gasteiger partial charge is 0.310 e. The van der Waals surface area contributed by atoms with E-state index >= 15 is 0 Å². The summed E-state index contributed by atoms with van der Waals surface area (Å²) in [6.07, 6.45) is 34.6. The Morgan fingerprint density at radius 2 is 0.892 bits per heavy atom. The summed E-state index contributed by atoms with van der Waals surface area (Å²) in [5.41, 5.74) is 0. The Morgan fingerprint density at radius 1 is 0.492 bits per heavy atom. The number of aliphatic hydroxyl groups excluding tert-OH is 7. The largest absolute Gasteiger partial charge is 0.457 e. The SMILES string of the molecule is CC/C=C\C/C=C\C/C=C\C/C=C\C/C=C\CCOCC(COC1OC(COC2OC(CO)C(O)C(O)C2O)C(O)C(O)C1O)OC(=O)C/C=C\C/C=C\C/C=C\C/C=C\C/C=C\CC. The van der Waals surface area contributed by atoms with Gasteiger partial charge in [-0.2, -0.15) is 0 Å². The molecule has 0 saturated carbocycles. The van der Waals surface area contributed by atoms with Crippen molar-refractivity contribution in [1.82, 2.24) is 0 Å². The first kappa shape index (κ1) is 57.5. The van der Waals surface area contributed by atoms with Crippen molar-refractivity contribution in [3.05, 3.63) is 122 Å². The topological polar surface area (TPSA) is 214 Å². The zero-order valence-corrected chi connectivity index (χ0v) is 38.4. The Bertz CT molecular complexity index is 1530. The first-order chi connectivity index (χ1) is 31.6. The van der Waals surface area contributed by atoms with Gasteiger partial charge in [-0.05, 0) is 70.6 Å². The van der Waals surface area contributed by atoms with Gasteiger partial charge in [0.25, 0.3) is 0 Å². The second kappa shape index (κ2) is 37.5. The van der Waals surface area contributed by atoms with Gasteiger partial charge in [0, 0.05) is 0 Å². The van der Waals surface area contributed by atoms with Gasteiger partial charge in [0.15, 0.2) is 12.6 Å². The van der Waals surface area contributed by atoms with Crippen LogP contribution in [0.5, 0.6) is 0 Å². The van der Waals surface area contributed by atoms with E-state index in [9.17, 15) is 40.5 Å². The molecular weight excluding hydrogens is 837 g/mol. The monoisotopic (exact) mass is 915 g/mol. The fourth-order valence-corrected chi connectivity index (χ4v) is 6.30. The highest BCUT2D eigenvalue weighted by Gasteiger charge is 2.47. The number of hydrogen-bond donors (Lipinski definition) is 7. The van der Waals surface area contributed by atoms with Crippen LogP contribution in [0.25, 0.3) is 0 Å². The van der Waals surface area contributed by atoms with E-state index < -0.39 is 86.7 Å². The third kappa shape index (κ3) is 25.8. The summed E-state index contributed by atoms with van der Waals surface area (Å²) in [5, 5.41) is 71.9. The summed E-state index contributed by atoms with van der Waals surface area (Å²) in [6, 6.07) is 0. The minimum atomic E-state index is -1.74. The molecule has 2 fully saturated rings. The van der Waals surface area contributed by atoms with Crippen LogP contribution in [-0.2, 0) is 33.2 Å². The lowest BCUT2D eigenvalue weighted by molar-refractivity contribution is -0.332. The third-order valence-electron chi connectivity index (χ3n) is 10.0. The van der Waals surface area contributed by atoms with E-state index in [4.69, 9.17) is 28.4 Å². The molecule has 14 nitrogen and oxygen atoms in total. The molecular formula is C51H78O14. The molecule has 0 aliphatic carbocycles. The molecule has 366 valence electrons. The van der Waals surface area contributed by atoms with Crippen LogP contribution in [0.3, 0.4) is 0 Å². The highest BCUT2D eigenvalue weighted by atomic mass is 16.7. The van der Waals surface area contributed by atoms with Crippen molar-refractivity contribution in [2.45, 2.75) is 158 Å². The zero-order chi connectivity index (χ0) is 47.3. The standard InChI is InChI=1S/C51H78O14/c1-3-5-7-9-11-13-15-17-19-21-23-25-27-29-31-33-35-60-37-40(63-43(53)34-32-30-28-26-24-22-20-18-16-14-12-10-8-6-4-2)38-61-50-49(59)47(57)45(55)42(65-50)39-62-51-48(58)46(56)44(54)41(36-52)64-51/h5-8,11-14,17-20,23-26,29-32,40-42,44-52,54-59H,3-4,9-10,15-16,21-22,27-28,33-39H2,1-2H3/b7-5-,8-6-,13-11-,14-12-,19-17-,20-18-,25-23-,26-24-,31-29-,32-30-. The Hall–Kier alpha value is -3.61. The molecule has 0 bridgehead atoms. The molecule has 65 heavy (non-hydrogen) atoms. The van der Waals surface area contributed by atoms with E-state index in [1.54, 1.807) is 6.08 Å². The molecule has 11 unspecified atom stereocenters. The molecule has 2 aliphatic heterocycles. The molecule has 0 aromatic rings. The highest BCUT2D eigenvalue weighted by molar-refractivity contribution is 5.71. The van der Waals surface area contributed by atoms with E-state index in [2.05, 4.69) is 105 Å². The van der Waals surface area contributed by atoms with Gasteiger partial charge in [0.1, 0.15) is 54.9 Å². The van der Waals surface area contributed by atoms with Crippen LogP contribution in [0.15, 0.2) is 122 Å². The van der Waals surface area contributed by atoms with Crippen molar-refractivity contribution in [1.29, 1.82) is 0 Å². The van der Waals surface area contributed by atoms with E-state index in [1.165, 1.54) is 0 Å². The van der Waals surface area contributed by atoms with Crippen molar-refractivity contribution in [3.63, 3.8) is 0 Å². The molecule has 2 saturated heterocycles. The Morgan fingerprint density at radius 3 is 1.35 bits per heavy atom. The second-order valence-corrected chi connectivity index (χ2v) is 15.5. The number of hydrogen-bond acceptors (Lipinski definition) is 14. The van der Waals surface area contributed by atoms with E-state index in [-0.39, 0.29) is 19.6 Å². The Balaban J connectivity index is 1.89. The molecule has 0 radical (unpaired) electrons. The number of allylic oxidation sites excluding steroid dienone is 18. The van der Waals surface area contributed by atoms with Crippen LogP contribution in [0.1, 0.15) is 90.9 Å². The van der Waals surface area contributed by atoms with E-state index in [0.29, 0.717) is 19.4 Å². The van der Waals surface area contributed by atoms with Gasteiger partial charge in [-0.1, -0.05) is 135 Å². The van der Waals surface area contributed by atoms with Crippen LogP contribution >= 0.6 is 0 Å². The van der Waals surface area contributed by atoms with Crippen molar-refractivity contribution in [2.75, 3.05) is 33.0 Å². The van der Waals surface area contributed by atoms with Gasteiger partial charge in [-0.25, -0.2) is 0 Å². The zero-order valence-electron chi connectivity index (χ0n) is 38.4. The fraction of sp³-hybridized carbons (Fsp3) is 0.588. The number of carbonyl (C=O) groups is 1. The van der Waals surface area contributed by atoms with Gasteiger partial charge in [0.05, 0.1) is 39.5 Å². The average molecular weight is 915 g/mol. The van der Waals surface area contributed by atoms with Gasteiger partial charge in [0.2, 0.25) is 0 Å². The van der Waals surface area contributed by atoms with Crippen LogP contribution in [0, 0.1) is 0 Å². The van der Waals surface area contributed by atoms with Crippen molar-refractivity contribution < 1.29 is 69.0 Å². The summed E-state index contributed by atoms with van der Waals surface area (Å²) in [7, 11) is 0. The van der Waals surface area contributed by atoms with Crippen LogP contribution in [0.2, 0.25) is 0 Å². The summed E-state index contributed by atoms with van der Waals surface area (Å²) in [6.45, 7) is 3.04. The van der Waals surface area contributed by atoms with E-state index in [0.717, 1.165) is 57.8 Å². The summed E-state index contributed by atoms with van der Waals surface area (Å²) >= 11 is 0. The number of rotatable bonds is 33. The number of ether oxygens (including phenoxy) is 6. The normalized spacial score (nSPS) is 27.6. The Labute approximate surface area is 386 Å². The van der Waals surface area contributed by atoms with Crippen LogP contribution in [0.4, 0.5) is 0 Å². The first-order valence-electron chi connectivity index (χ1n) is 23.1. The van der Waals surface area contributed by atoms with Gasteiger partial charge < -0.3 is 64.2 Å². The fourth-order valence-electron chi connectivity index (χ4n) is 6.30. The predicted molar refractivity (Wildman–Crippen MR) is 251 cm³/mol. The first-order valence-corrected chi connectivity index (χ1v) is 23.1. The lowest BCUT2D eigenvalue weighted by Gasteiger charge is -2.42. The van der Waals surface area contributed by atoms with Crippen molar-refractivity contribution >= 4 is 5.97 Å². The summed E-state index contributed by atoms with van der Waals surface area (Å²) in [4.78, 5) is 12.9. The van der Waals surface area contributed by atoms with Crippen LogP contribution in [-0.4, -0.2) is 142 Å². The molecule has 2 aliphatic rings. The lowest BCUT2D eigenvalue weighted by atomic mass is 9.98. The van der Waals surface area contributed by atoms with Crippen molar-refractivity contribution in [3.8, 4) is 0 Å². The minimum Gasteiger partial charge on any atom is -0.457 e. The van der Waals surface area contributed by atoms with Crippen molar-refractivity contribution in [2.24, 2.45) is 0 Å². The molecule has 0 amide bonds. The molecule has 0 aromatic carbocycles.